The quantitative estimate of drug-likeness (QED) is 0.695. The number of halogens is 2. The fraction of sp³-hybridized carbons (Fsp3) is 0.130. The standard InChI is InChI=1S/C23H18F2N2O2/c24-18-9-4-10-19(25)21(18)22(28)26-17-12-11-15-8-5-13-27(20(15)14-17)23(29)16-6-2-1-3-7-16/h1-4,6-7,9-12,14H,5,8,13H2,(H,26,28). The predicted molar refractivity (Wildman–Crippen MR) is 107 cm³/mol. The Morgan fingerprint density at radius 2 is 1.62 bits per heavy atom. The van der Waals surface area contributed by atoms with Crippen LogP contribution in [0.2, 0.25) is 0 Å². The number of nitrogens with zero attached hydrogens (tertiary/aromatic N) is 1. The van der Waals surface area contributed by atoms with Crippen LogP contribution >= 0.6 is 0 Å². The minimum absolute atomic E-state index is 0.129. The van der Waals surface area contributed by atoms with Crippen molar-refractivity contribution in [3.63, 3.8) is 0 Å². The maximum atomic E-state index is 13.9. The van der Waals surface area contributed by atoms with Gasteiger partial charge in [-0.1, -0.05) is 30.3 Å². The van der Waals surface area contributed by atoms with E-state index in [4.69, 9.17) is 0 Å². The van der Waals surface area contributed by atoms with Crippen LogP contribution in [-0.2, 0) is 6.42 Å². The molecule has 6 heteroatoms. The largest absolute Gasteiger partial charge is 0.322 e. The van der Waals surface area contributed by atoms with Gasteiger partial charge in [-0.2, -0.15) is 0 Å². The fourth-order valence-electron chi connectivity index (χ4n) is 3.51. The van der Waals surface area contributed by atoms with Crippen molar-refractivity contribution in [2.24, 2.45) is 0 Å². The third kappa shape index (κ3) is 3.74. The maximum Gasteiger partial charge on any atom is 0.261 e. The van der Waals surface area contributed by atoms with Crippen LogP contribution in [0.4, 0.5) is 20.2 Å². The van der Waals surface area contributed by atoms with Crippen LogP contribution in [0.15, 0.2) is 66.7 Å². The molecule has 0 unspecified atom stereocenters. The number of hydrogen-bond acceptors (Lipinski definition) is 2. The van der Waals surface area contributed by atoms with Crippen molar-refractivity contribution in [1.82, 2.24) is 0 Å². The van der Waals surface area contributed by atoms with E-state index in [1.54, 1.807) is 41.3 Å². The Bertz CT molecular complexity index is 1060. The average Bonchev–Trinajstić information content (AvgIpc) is 2.73. The molecule has 0 spiro atoms. The van der Waals surface area contributed by atoms with Gasteiger partial charge in [-0.3, -0.25) is 9.59 Å². The predicted octanol–water partition coefficient (Wildman–Crippen LogP) is 4.81. The van der Waals surface area contributed by atoms with E-state index < -0.39 is 23.1 Å². The van der Waals surface area contributed by atoms with Crippen LogP contribution in [-0.4, -0.2) is 18.4 Å². The Hall–Kier alpha value is -3.54. The van der Waals surface area contributed by atoms with Crippen molar-refractivity contribution < 1.29 is 18.4 Å². The van der Waals surface area contributed by atoms with Gasteiger partial charge in [-0.25, -0.2) is 8.78 Å². The third-order valence-electron chi connectivity index (χ3n) is 4.92. The van der Waals surface area contributed by atoms with Gasteiger partial charge >= 0.3 is 0 Å². The number of anilines is 2. The van der Waals surface area contributed by atoms with E-state index in [0.717, 1.165) is 30.5 Å². The van der Waals surface area contributed by atoms with Gasteiger partial charge in [0.2, 0.25) is 0 Å². The zero-order valence-electron chi connectivity index (χ0n) is 15.5. The smallest absolute Gasteiger partial charge is 0.261 e. The minimum atomic E-state index is -0.929. The van der Waals surface area contributed by atoms with E-state index >= 15 is 0 Å². The highest BCUT2D eigenvalue weighted by molar-refractivity contribution is 6.08. The highest BCUT2D eigenvalue weighted by Crippen LogP contribution is 2.31. The number of carbonyl (C=O) groups excluding carboxylic acids is 2. The number of amides is 2. The van der Waals surface area contributed by atoms with Crippen LogP contribution < -0.4 is 10.2 Å². The number of rotatable bonds is 3. The zero-order chi connectivity index (χ0) is 20.4. The molecule has 0 atom stereocenters. The van der Waals surface area contributed by atoms with Gasteiger partial charge in [0, 0.05) is 23.5 Å². The van der Waals surface area contributed by atoms with Crippen molar-refractivity contribution in [3.05, 3.63) is 95.1 Å². The number of nitrogens with one attached hydrogen (secondary N) is 1. The molecule has 0 fully saturated rings. The van der Waals surface area contributed by atoms with E-state index in [0.29, 0.717) is 23.5 Å². The van der Waals surface area contributed by atoms with E-state index in [1.165, 1.54) is 6.07 Å². The molecule has 1 aliphatic heterocycles. The summed E-state index contributed by atoms with van der Waals surface area (Å²) >= 11 is 0. The van der Waals surface area contributed by atoms with Crippen molar-refractivity contribution >= 4 is 23.2 Å². The van der Waals surface area contributed by atoms with Gasteiger partial charge in [-0.05, 0) is 54.8 Å². The summed E-state index contributed by atoms with van der Waals surface area (Å²) in [6.07, 6.45) is 1.64. The molecular formula is C23H18F2N2O2. The topological polar surface area (TPSA) is 49.4 Å². The SMILES string of the molecule is O=C(Nc1ccc2c(c1)N(C(=O)c1ccccc1)CCC2)c1c(F)cccc1F. The van der Waals surface area contributed by atoms with Crippen LogP contribution in [0.25, 0.3) is 0 Å². The van der Waals surface area contributed by atoms with Gasteiger partial charge in [0.05, 0.1) is 0 Å². The second-order valence-electron chi connectivity index (χ2n) is 6.82. The fourth-order valence-corrected chi connectivity index (χ4v) is 3.51. The van der Waals surface area contributed by atoms with Gasteiger partial charge in [-0.15, -0.1) is 0 Å². The highest BCUT2D eigenvalue weighted by atomic mass is 19.1. The summed E-state index contributed by atoms with van der Waals surface area (Å²) in [5.74, 6) is -2.87. The second kappa shape index (κ2) is 7.83. The van der Waals surface area contributed by atoms with Gasteiger partial charge in [0.1, 0.15) is 17.2 Å². The Morgan fingerprint density at radius 3 is 2.34 bits per heavy atom. The van der Waals surface area contributed by atoms with Crippen LogP contribution in [0, 0.1) is 11.6 Å². The first-order chi connectivity index (χ1) is 14.0. The van der Waals surface area contributed by atoms with E-state index in [-0.39, 0.29) is 5.91 Å². The summed E-state index contributed by atoms with van der Waals surface area (Å²) in [6, 6.07) is 17.4. The molecular weight excluding hydrogens is 374 g/mol. The Labute approximate surface area is 166 Å². The molecule has 0 saturated carbocycles. The molecule has 1 N–H and O–H groups in total. The summed E-state index contributed by atoms with van der Waals surface area (Å²) < 4.78 is 27.8. The molecule has 3 aromatic carbocycles. The second-order valence-corrected chi connectivity index (χ2v) is 6.82. The van der Waals surface area contributed by atoms with Crippen molar-refractivity contribution in [1.29, 1.82) is 0 Å². The lowest BCUT2D eigenvalue weighted by atomic mass is 10.00. The summed E-state index contributed by atoms with van der Waals surface area (Å²) in [5, 5.41) is 2.53. The van der Waals surface area contributed by atoms with Crippen LogP contribution in [0.3, 0.4) is 0 Å². The first-order valence-electron chi connectivity index (χ1n) is 9.30. The van der Waals surface area contributed by atoms with Gasteiger partial charge < -0.3 is 10.2 Å². The molecule has 1 heterocycles. The summed E-state index contributed by atoms with van der Waals surface area (Å²) in [7, 11) is 0. The highest BCUT2D eigenvalue weighted by Gasteiger charge is 2.24. The number of carbonyl (C=O) groups is 2. The van der Waals surface area contributed by atoms with Gasteiger partial charge in [0.15, 0.2) is 0 Å². The first kappa shape index (κ1) is 18.8. The molecule has 0 aromatic heterocycles. The Morgan fingerprint density at radius 1 is 0.897 bits per heavy atom. The molecule has 29 heavy (non-hydrogen) atoms. The summed E-state index contributed by atoms with van der Waals surface area (Å²) in [4.78, 5) is 27.0. The lowest BCUT2D eigenvalue weighted by molar-refractivity contribution is 0.0983. The lowest BCUT2D eigenvalue weighted by Gasteiger charge is -2.30. The monoisotopic (exact) mass is 392 g/mol. The Balaban J connectivity index is 1.63. The zero-order valence-corrected chi connectivity index (χ0v) is 15.5. The number of aryl methyl sites for hydroxylation is 1. The first-order valence-corrected chi connectivity index (χ1v) is 9.30. The van der Waals surface area contributed by atoms with E-state index in [1.807, 2.05) is 12.1 Å². The third-order valence-corrected chi connectivity index (χ3v) is 4.92. The molecule has 4 nitrogen and oxygen atoms in total. The number of benzene rings is 3. The maximum absolute atomic E-state index is 13.9. The minimum Gasteiger partial charge on any atom is -0.322 e. The normalized spacial score (nSPS) is 13.0. The van der Waals surface area contributed by atoms with Crippen molar-refractivity contribution in [2.75, 3.05) is 16.8 Å². The molecule has 3 aromatic rings. The molecule has 1 aliphatic rings. The Kier molecular flexibility index (Phi) is 5.08. The molecule has 0 bridgehead atoms. The van der Waals surface area contributed by atoms with Crippen LogP contribution in [0.5, 0.6) is 0 Å². The molecule has 0 saturated heterocycles. The van der Waals surface area contributed by atoms with Gasteiger partial charge in [0.25, 0.3) is 11.8 Å². The molecule has 146 valence electrons. The molecule has 2 amide bonds. The molecule has 0 aliphatic carbocycles. The molecule has 4 rings (SSSR count). The van der Waals surface area contributed by atoms with Crippen molar-refractivity contribution in [2.45, 2.75) is 12.8 Å². The van der Waals surface area contributed by atoms with E-state index in [9.17, 15) is 18.4 Å². The average molecular weight is 392 g/mol. The van der Waals surface area contributed by atoms with E-state index in [2.05, 4.69) is 5.32 Å². The molecule has 0 radical (unpaired) electrons. The lowest BCUT2D eigenvalue weighted by Crippen LogP contribution is -2.35. The number of hydrogen-bond donors (Lipinski definition) is 1. The van der Waals surface area contributed by atoms with Crippen LogP contribution in [0.1, 0.15) is 32.7 Å². The summed E-state index contributed by atoms with van der Waals surface area (Å²) in [6.45, 7) is 0.556. The number of fused-ring (bicyclic) bond motifs is 1. The van der Waals surface area contributed by atoms with Crippen molar-refractivity contribution in [3.8, 4) is 0 Å². The summed E-state index contributed by atoms with van der Waals surface area (Å²) in [5.41, 5.74) is 1.97.